The largest absolute Gasteiger partial charge is 0.445 e. The monoisotopic (exact) mass is 190 g/mol. The molecule has 70 valence electrons. The molecule has 1 atom stereocenters. The second-order valence-corrected chi connectivity index (χ2v) is 3.12. The van der Waals surface area contributed by atoms with Crippen LogP contribution >= 0.6 is 8.81 Å². The molecule has 0 aromatic carbocycles. The average molecular weight is 190 g/mol. The molecular formula is C8H15O3P. The minimum Gasteiger partial charge on any atom is -0.445 e. The summed E-state index contributed by atoms with van der Waals surface area (Å²) in [5.74, 6) is -0.358. The van der Waals surface area contributed by atoms with E-state index < -0.39 is 0 Å². The van der Waals surface area contributed by atoms with Gasteiger partial charge in [-0.1, -0.05) is 13.5 Å². The van der Waals surface area contributed by atoms with Crippen LogP contribution in [-0.2, 0) is 14.1 Å². The number of carbonyl (C=O) groups is 1. The van der Waals surface area contributed by atoms with Gasteiger partial charge in [0.2, 0.25) is 0 Å². The van der Waals surface area contributed by atoms with Gasteiger partial charge >= 0.3 is 5.97 Å². The SMILES string of the molecule is C=CC(=O)OPCCOCCC. The quantitative estimate of drug-likeness (QED) is 0.348. The zero-order valence-electron chi connectivity index (χ0n) is 7.34. The zero-order valence-corrected chi connectivity index (χ0v) is 8.34. The lowest BCUT2D eigenvalue weighted by atomic mass is 10.5. The van der Waals surface area contributed by atoms with E-state index >= 15 is 0 Å². The number of carbonyl (C=O) groups excluding carboxylic acids is 1. The molecule has 4 heteroatoms. The normalized spacial score (nSPS) is 10.4. The lowest BCUT2D eigenvalue weighted by molar-refractivity contribution is -0.128. The molecule has 0 aliphatic carbocycles. The fourth-order valence-corrected chi connectivity index (χ4v) is 1.08. The lowest BCUT2D eigenvalue weighted by Gasteiger charge is -2.01. The molecule has 0 aromatic heterocycles. The molecule has 0 aromatic rings. The molecule has 0 bridgehead atoms. The van der Waals surface area contributed by atoms with Gasteiger partial charge in [0, 0.05) is 18.8 Å². The highest BCUT2D eigenvalue weighted by molar-refractivity contribution is 7.33. The van der Waals surface area contributed by atoms with Gasteiger partial charge in [0.05, 0.1) is 15.4 Å². The molecule has 0 rings (SSSR count). The van der Waals surface area contributed by atoms with E-state index in [2.05, 4.69) is 13.5 Å². The number of hydrogen-bond donors (Lipinski definition) is 0. The predicted molar refractivity (Wildman–Crippen MR) is 50.6 cm³/mol. The first kappa shape index (κ1) is 11.6. The van der Waals surface area contributed by atoms with Gasteiger partial charge < -0.3 is 9.26 Å². The van der Waals surface area contributed by atoms with Crippen LogP contribution in [0.4, 0.5) is 0 Å². The summed E-state index contributed by atoms with van der Waals surface area (Å²) in [7, 11) is 0.185. The highest BCUT2D eigenvalue weighted by Gasteiger charge is 1.94. The predicted octanol–water partition coefficient (Wildman–Crippen LogP) is 1.74. The molecule has 0 heterocycles. The molecule has 1 unspecified atom stereocenters. The van der Waals surface area contributed by atoms with Crippen molar-refractivity contribution < 1.29 is 14.1 Å². The highest BCUT2D eigenvalue weighted by Crippen LogP contribution is 2.11. The Kier molecular flexibility index (Phi) is 8.40. The van der Waals surface area contributed by atoms with Crippen LogP contribution in [0.5, 0.6) is 0 Å². The van der Waals surface area contributed by atoms with E-state index in [-0.39, 0.29) is 14.8 Å². The first-order valence-corrected chi connectivity index (χ1v) is 5.06. The molecule has 0 fully saturated rings. The fourth-order valence-electron chi connectivity index (χ4n) is 0.524. The van der Waals surface area contributed by atoms with E-state index in [1.807, 2.05) is 0 Å². The highest BCUT2D eigenvalue weighted by atomic mass is 31.1. The Morgan fingerprint density at radius 2 is 2.33 bits per heavy atom. The molecule has 0 spiro atoms. The van der Waals surface area contributed by atoms with Gasteiger partial charge in [0.25, 0.3) is 0 Å². The van der Waals surface area contributed by atoms with Crippen LogP contribution in [-0.4, -0.2) is 25.3 Å². The Hall–Kier alpha value is -0.400. The maximum absolute atomic E-state index is 10.5. The van der Waals surface area contributed by atoms with Crippen LogP contribution < -0.4 is 0 Å². The van der Waals surface area contributed by atoms with Crippen LogP contribution in [0.15, 0.2) is 12.7 Å². The maximum atomic E-state index is 10.5. The first-order valence-electron chi connectivity index (χ1n) is 3.95. The molecule has 0 aliphatic rings. The molecular weight excluding hydrogens is 175 g/mol. The average Bonchev–Trinajstić information content (AvgIpc) is 2.10. The summed E-state index contributed by atoms with van der Waals surface area (Å²) in [4.78, 5) is 10.5. The van der Waals surface area contributed by atoms with Crippen molar-refractivity contribution in [2.75, 3.05) is 19.4 Å². The van der Waals surface area contributed by atoms with Crippen LogP contribution in [0, 0.1) is 0 Å². The van der Waals surface area contributed by atoms with Gasteiger partial charge in [0.1, 0.15) is 0 Å². The van der Waals surface area contributed by atoms with E-state index in [4.69, 9.17) is 9.26 Å². The van der Waals surface area contributed by atoms with Crippen LogP contribution in [0.3, 0.4) is 0 Å². The summed E-state index contributed by atoms with van der Waals surface area (Å²) in [5, 5.41) is 0. The van der Waals surface area contributed by atoms with Crippen molar-refractivity contribution in [1.82, 2.24) is 0 Å². The second kappa shape index (κ2) is 8.69. The van der Waals surface area contributed by atoms with Crippen LogP contribution in [0.1, 0.15) is 13.3 Å². The lowest BCUT2D eigenvalue weighted by Crippen LogP contribution is -1.99. The molecule has 0 amide bonds. The number of hydrogen-bond acceptors (Lipinski definition) is 3. The van der Waals surface area contributed by atoms with Gasteiger partial charge in [-0.3, -0.25) is 0 Å². The van der Waals surface area contributed by atoms with E-state index in [0.29, 0.717) is 6.61 Å². The van der Waals surface area contributed by atoms with Crippen molar-refractivity contribution in [2.45, 2.75) is 13.3 Å². The van der Waals surface area contributed by atoms with Crippen molar-refractivity contribution in [2.24, 2.45) is 0 Å². The van der Waals surface area contributed by atoms with E-state index in [1.54, 1.807) is 0 Å². The van der Waals surface area contributed by atoms with Crippen molar-refractivity contribution in [3.8, 4) is 0 Å². The van der Waals surface area contributed by atoms with Gasteiger partial charge in [-0.05, 0) is 6.42 Å². The van der Waals surface area contributed by atoms with Crippen LogP contribution in [0.2, 0.25) is 0 Å². The third-order valence-electron chi connectivity index (χ3n) is 1.04. The summed E-state index contributed by atoms with van der Waals surface area (Å²) < 4.78 is 9.95. The second-order valence-electron chi connectivity index (χ2n) is 2.13. The Balaban J connectivity index is 3.00. The number of ether oxygens (including phenoxy) is 1. The Morgan fingerprint density at radius 3 is 2.92 bits per heavy atom. The van der Waals surface area contributed by atoms with Gasteiger partial charge in [0.15, 0.2) is 0 Å². The molecule has 0 saturated heterocycles. The molecule has 12 heavy (non-hydrogen) atoms. The minimum absolute atomic E-state index is 0.185. The van der Waals surface area contributed by atoms with Gasteiger partial charge in [-0.15, -0.1) is 0 Å². The molecule has 0 radical (unpaired) electrons. The van der Waals surface area contributed by atoms with E-state index in [0.717, 1.165) is 19.2 Å². The van der Waals surface area contributed by atoms with Crippen LogP contribution in [0.25, 0.3) is 0 Å². The van der Waals surface area contributed by atoms with Crippen molar-refractivity contribution in [3.63, 3.8) is 0 Å². The molecule has 0 N–H and O–H groups in total. The van der Waals surface area contributed by atoms with Crippen molar-refractivity contribution in [1.29, 1.82) is 0 Å². The molecule has 0 saturated carbocycles. The maximum Gasteiger partial charge on any atom is 0.332 e. The standard InChI is InChI=1S/C8H15O3P/c1-3-5-10-6-7-12-11-8(9)4-2/h4,12H,2-3,5-7H2,1H3. The van der Waals surface area contributed by atoms with Gasteiger partial charge in [-0.25, -0.2) is 4.79 Å². The molecule has 3 nitrogen and oxygen atoms in total. The fraction of sp³-hybridized carbons (Fsp3) is 0.625. The zero-order chi connectivity index (χ0) is 9.23. The summed E-state index contributed by atoms with van der Waals surface area (Å²) in [5.41, 5.74) is 0. The van der Waals surface area contributed by atoms with E-state index in [9.17, 15) is 4.79 Å². The van der Waals surface area contributed by atoms with Crippen molar-refractivity contribution in [3.05, 3.63) is 12.7 Å². The molecule has 0 aliphatic heterocycles. The number of rotatable bonds is 7. The topological polar surface area (TPSA) is 35.5 Å². The summed E-state index contributed by atoms with van der Waals surface area (Å²) in [6.07, 6.45) is 2.97. The summed E-state index contributed by atoms with van der Waals surface area (Å²) in [6.45, 7) is 6.78. The van der Waals surface area contributed by atoms with Gasteiger partial charge in [-0.2, -0.15) is 0 Å². The van der Waals surface area contributed by atoms with Crippen molar-refractivity contribution >= 4 is 14.8 Å². The smallest absolute Gasteiger partial charge is 0.332 e. The third kappa shape index (κ3) is 7.70. The Labute approximate surface area is 75.0 Å². The summed E-state index contributed by atoms with van der Waals surface area (Å²) >= 11 is 0. The minimum atomic E-state index is -0.358. The summed E-state index contributed by atoms with van der Waals surface area (Å²) in [6, 6.07) is 0. The Morgan fingerprint density at radius 1 is 1.58 bits per heavy atom. The van der Waals surface area contributed by atoms with E-state index in [1.165, 1.54) is 6.08 Å². The Bertz CT molecular complexity index is 136. The first-order chi connectivity index (χ1) is 5.81. The third-order valence-corrected chi connectivity index (χ3v) is 1.79.